The molecule has 102 valence electrons. The van der Waals surface area contributed by atoms with Crippen molar-refractivity contribution in [1.29, 1.82) is 0 Å². The molecule has 6 nitrogen and oxygen atoms in total. The van der Waals surface area contributed by atoms with Crippen LogP contribution in [0, 0.1) is 5.41 Å². The normalized spacial score (nSPS) is 30.0. The van der Waals surface area contributed by atoms with Crippen molar-refractivity contribution < 1.29 is 19.8 Å². The molecule has 0 aromatic rings. The number of nitrogens with zero attached hydrogens (tertiary/aromatic N) is 1. The molecule has 18 heavy (non-hydrogen) atoms. The monoisotopic (exact) mass is 256 g/mol. The Morgan fingerprint density at radius 1 is 1.39 bits per heavy atom. The van der Waals surface area contributed by atoms with Gasteiger partial charge in [0.2, 0.25) is 5.91 Å². The van der Waals surface area contributed by atoms with Gasteiger partial charge in [-0.15, -0.1) is 0 Å². The maximum absolute atomic E-state index is 12.2. The highest BCUT2D eigenvalue weighted by Gasteiger charge is 2.43. The second-order valence-electron chi connectivity index (χ2n) is 5.52. The van der Waals surface area contributed by atoms with E-state index in [1.54, 1.807) is 0 Å². The number of hydrogen-bond donors (Lipinski definition) is 3. The zero-order chi connectivity index (χ0) is 13.3. The van der Waals surface area contributed by atoms with Gasteiger partial charge >= 0.3 is 5.97 Å². The van der Waals surface area contributed by atoms with Crippen LogP contribution in [-0.2, 0) is 9.59 Å². The second kappa shape index (κ2) is 4.85. The number of rotatable bonds is 4. The predicted octanol–water partition coefficient (Wildman–Crippen LogP) is -0.448. The van der Waals surface area contributed by atoms with Crippen molar-refractivity contribution in [2.75, 3.05) is 13.1 Å². The van der Waals surface area contributed by atoms with Gasteiger partial charge in [0.15, 0.2) is 0 Å². The van der Waals surface area contributed by atoms with Gasteiger partial charge in [-0.25, -0.2) is 4.79 Å². The molecule has 0 radical (unpaired) electrons. The van der Waals surface area contributed by atoms with Crippen LogP contribution < -0.4 is 5.73 Å². The van der Waals surface area contributed by atoms with Gasteiger partial charge in [0.25, 0.3) is 0 Å². The lowest BCUT2D eigenvalue weighted by atomic mass is 9.66. The molecule has 0 aromatic carbocycles. The first kappa shape index (κ1) is 13.3. The quantitative estimate of drug-likeness (QED) is 0.632. The van der Waals surface area contributed by atoms with Crippen LogP contribution >= 0.6 is 0 Å². The van der Waals surface area contributed by atoms with E-state index in [1.807, 2.05) is 0 Å². The minimum absolute atomic E-state index is 0.121. The number of nitrogens with two attached hydrogens (primary N) is 1. The Bertz CT molecular complexity index is 348. The van der Waals surface area contributed by atoms with Gasteiger partial charge < -0.3 is 20.8 Å². The number of carbonyl (C=O) groups is 2. The van der Waals surface area contributed by atoms with Crippen molar-refractivity contribution >= 4 is 11.9 Å². The number of β-amino-alcohol motifs (C(OH)–C–C–N with tert-alkyl or cyclic N) is 1. The average molecular weight is 256 g/mol. The van der Waals surface area contributed by atoms with Crippen LogP contribution in [0.2, 0.25) is 0 Å². The Morgan fingerprint density at radius 3 is 2.50 bits per heavy atom. The zero-order valence-corrected chi connectivity index (χ0v) is 10.3. The topological polar surface area (TPSA) is 104 Å². The van der Waals surface area contributed by atoms with E-state index in [0.717, 1.165) is 19.3 Å². The minimum Gasteiger partial charge on any atom is -0.480 e. The summed E-state index contributed by atoms with van der Waals surface area (Å²) in [6.07, 6.45) is 2.64. The van der Waals surface area contributed by atoms with E-state index in [9.17, 15) is 14.7 Å². The number of amides is 1. The fourth-order valence-corrected chi connectivity index (χ4v) is 2.88. The van der Waals surface area contributed by atoms with E-state index < -0.39 is 18.1 Å². The summed E-state index contributed by atoms with van der Waals surface area (Å²) in [5.74, 6) is -1.24. The molecule has 1 amide bonds. The van der Waals surface area contributed by atoms with Gasteiger partial charge in [-0.2, -0.15) is 0 Å². The van der Waals surface area contributed by atoms with Crippen LogP contribution in [0.4, 0.5) is 0 Å². The minimum atomic E-state index is -1.05. The van der Waals surface area contributed by atoms with E-state index in [1.165, 1.54) is 4.90 Å². The molecule has 0 unspecified atom stereocenters. The average Bonchev–Trinajstić information content (AvgIpc) is 2.66. The van der Waals surface area contributed by atoms with Gasteiger partial charge in [0.05, 0.1) is 6.10 Å². The molecule has 2 aliphatic rings. The van der Waals surface area contributed by atoms with Crippen LogP contribution in [0.1, 0.15) is 32.1 Å². The molecule has 2 atom stereocenters. The van der Waals surface area contributed by atoms with E-state index in [0.29, 0.717) is 13.0 Å². The molecule has 0 aromatic heterocycles. The molecule has 1 saturated heterocycles. The van der Waals surface area contributed by atoms with Crippen molar-refractivity contribution in [2.45, 2.75) is 44.2 Å². The Morgan fingerprint density at radius 2 is 2.06 bits per heavy atom. The largest absolute Gasteiger partial charge is 0.480 e. The maximum Gasteiger partial charge on any atom is 0.326 e. The standard InChI is InChI=1S/C12H20N2O4/c13-7-12(2-1-3-12)5-10(16)14-6-8(15)4-9(14)11(17)18/h8-9,15H,1-7,13H2,(H,17,18)/t8-,9+/m1/s1. The molecule has 2 rings (SSSR count). The Kier molecular flexibility index (Phi) is 3.59. The lowest BCUT2D eigenvalue weighted by Crippen LogP contribution is -2.46. The van der Waals surface area contributed by atoms with Crippen molar-refractivity contribution in [1.82, 2.24) is 4.90 Å². The molecule has 1 heterocycles. The summed E-state index contributed by atoms with van der Waals surface area (Å²) in [7, 11) is 0. The Balaban J connectivity index is 2.01. The number of carboxylic acids is 1. The second-order valence-corrected chi connectivity index (χ2v) is 5.52. The van der Waals surface area contributed by atoms with Gasteiger partial charge in [-0.3, -0.25) is 4.79 Å². The number of carboxylic acid groups (broad SMARTS) is 1. The fourth-order valence-electron chi connectivity index (χ4n) is 2.88. The Hall–Kier alpha value is -1.14. The lowest BCUT2D eigenvalue weighted by Gasteiger charge is -2.41. The van der Waals surface area contributed by atoms with Crippen molar-refractivity contribution in [3.63, 3.8) is 0 Å². The summed E-state index contributed by atoms with van der Waals surface area (Å²) in [5.41, 5.74) is 5.57. The summed E-state index contributed by atoms with van der Waals surface area (Å²) in [6.45, 7) is 0.587. The van der Waals surface area contributed by atoms with E-state index in [4.69, 9.17) is 10.8 Å². The first-order valence-electron chi connectivity index (χ1n) is 6.38. The van der Waals surface area contributed by atoms with Crippen LogP contribution in [0.15, 0.2) is 0 Å². The van der Waals surface area contributed by atoms with Crippen molar-refractivity contribution in [3.8, 4) is 0 Å². The third kappa shape index (κ3) is 2.35. The summed E-state index contributed by atoms with van der Waals surface area (Å²) in [5, 5.41) is 18.6. The van der Waals surface area contributed by atoms with Crippen molar-refractivity contribution in [3.05, 3.63) is 0 Å². The number of hydrogen-bond acceptors (Lipinski definition) is 4. The number of likely N-dealkylation sites (tertiary alicyclic amines) is 1. The summed E-state index contributed by atoms with van der Waals surface area (Å²) >= 11 is 0. The number of aliphatic hydroxyl groups is 1. The smallest absolute Gasteiger partial charge is 0.326 e. The SMILES string of the molecule is NCC1(CC(=O)N2C[C@H](O)C[C@H]2C(=O)O)CCC1. The predicted molar refractivity (Wildman–Crippen MR) is 63.7 cm³/mol. The molecule has 1 saturated carbocycles. The van der Waals surface area contributed by atoms with Crippen LogP contribution in [0.5, 0.6) is 0 Å². The summed E-state index contributed by atoms with van der Waals surface area (Å²) < 4.78 is 0. The van der Waals surface area contributed by atoms with Crippen LogP contribution in [-0.4, -0.2) is 52.2 Å². The first-order chi connectivity index (χ1) is 8.47. The Labute approximate surface area is 106 Å². The van der Waals surface area contributed by atoms with E-state index >= 15 is 0 Å². The van der Waals surface area contributed by atoms with Gasteiger partial charge in [0, 0.05) is 19.4 Å². The van der Waals surface area contributed by atoms with Crippen molar-refractivity contribution in [2.24, 2.45) is 11.1 Å². The lowest BCUT2D eigenvalue weighted by molar-refractivity contribution is -0.149. The van der Waals surface area contributed by atoms with Crippen LogP contribution in [0.25, 0.3) is 0 Å². The van der Waals surface area contributed by atoms with Gasteiger partial charge in [-0.05, 0) is 24.8 Å². The molecule has 1 aliphatic heterocycles. The highest BCUT2D eigenvalue weighted by Crippen LogP contribution is 2.43. The third-order valence-electron chi connectivity index (χ3n) is 4.26. The van der Waals surface area contributed by atoms with Gasteiger partial charge in [0.1, 0.15) is 6.04 Å². The summed E-state index contributed by atoms with van der Waals surface area (Å²) in [6, 6.07) is -0.887. The number of carbonyl (C=O) groups excluding carboxylic acids is 1. The van der Waals surface area contributed by atoms with Gasteiger partial charge in [-0.1, -0.05) is 6.42 Å². The van der Waals surface area contributed by atoms with E-state index in [-0.39, 0.29) is 24.3 Å². The zero-order valence-electron chi connectivity index (χ0n) is 10.3. The van der Waals surface area contributed by atoms with E-state index in [2.05, 4.69) is 0 Å². The first-order valence-corrected chi connectivity index (χ1v) is 6.38. The third-order valence-corrected chi connectivity index (χ3v) is 4.26. The fraction of sp³-hybridized carbons (Fsp3) is 0.833. The molecule has 0 bridgehead atoms. The molecule has 1 aliphatic carbocycles. The maximum atomic E-state index is 12.2. The highest BCUT2D eigenvalue weighted by molar-refractivity contribution is 5.85. The highest BCUT2D eigenvalue weighted by atomic mass is 16.4. The molecule has 0 spiro atoms. The summed E-state index contributed by atoms with van der Waals surface area (Å²) in [4.78, 5) is 24.5. The molecule has 2 fully saturated rings. The van der Waals surface area contributed by atoms with Crippen LogP contribution in [0.3, 0.4) is 0 Å². The number of aliphatic carboxylic acids is 1. The molecule has 4 N–H and O–H groups in total. The molecular formula is C12H20N2O4. The molecular weight excluding hydrogens is 236 g/mol. The number of aliphatic hydroxyl groups excluding tert-OH is 1. The molecule has 6 heteroatoms.